The number of benzene rings is 2. The van der Waals surface area contributed by atoms with E-state index in [1.54, 1.807) is 7.11 Å². The minimum absolute atomic E-state index is 0.889. The van der Waals surface area contributed by atoms with Gasteiger partial charge < -0.3 is 9.72 Å². The van der Waals surface area contributed by atoms with Crippen molar-refractivity contribution in [2.24, 2.45) is 0 Å². The summed E-state index contributed by atoms with van der Waals surface area (Å²) >= 11 is 4.48. The fourth-order valence-corrected chi connectivity index (χ4v) is 2.57. The van der Waals surface area contributed by atoms with Crippen molar-refractivity contribution in [3.05, 3.63) is 48.0 Å². The van der Waals surface area contributed by atoms with Gasteiger partial charge in [0.15, 0.2) is 0 Å². The lowest BCUT2D eigenvalue weighted by Gasteiger charge is -2.05. The molecular formula is C16H15NOS. The van der Waals surface area contributed by atoms with Gasteiger partial charge in [0.1, 0.15) is 5.75 Å². The molecule has 0 saturated heterocycles. The topological polar surface area (TPSA) is 25.0 Å². The van der Waals surface area contributed by atoms with E-state index in [-0.39, 0.29) is 0 Å². The predicted molar refractivity (Wildman–Crippen MR) is 82.3 cm³/mol. The van der Waals surface area contributed by atoms with E-state index < -0.39 is 0 Å². The minimum atomic E-state index is 0.889. The summed E-state index contributed by atoms with van der Waals surface area (Å²) in [6.45, 7) is 2.08. The maximum atomic E-state index is 5.40. The van der Waals surface area contributed by atoms with Gasteiger partial charge in [-0.2, -0.15) is 0 Å². The molecule has 1 aromatic heterocycles. The van der Waals surface area contributed by atoms with Gasteiger partial charge in [0, 0.05) is 27.1 Å². The fourth-order valence-electron chi connectivity index (χ4n) is 2.37. The molecule has 2 aromatic carbocycles. The second-order valence-electron chi connectivity index (χ2n) is 4.55. The lowest BCUT2D eigenvalue weighted by Crippen LogP contribution is -1.84. The highest BCUT2D eigenvalue weighted by Gasteiger charge is 2.09. The summed E-state index contributed by atoms with van der Waals surface area (Å²) in [7, 11) is 1.70. The third-order valence-electron chi connectivity index (χ3n) is 3.44. The second-order valence-corrected chi connectivity index (χ2v) is 5.04. The van der Waals surface area contributed by atoms with Gasteiger partial charge in [-0.3, -0.25) is 0 Å². The van der Waals surface area contributed by atoms with Crippen molar-refractivity contribution in [3.63, 3.8) is 0 Å². The van der Waals surface area contributed by atoms with Gasteiger partial charge in [-0.1, -0.05) is 18.2 Å². The van der Waals surface area contributed by atoms with E-state index in [0.717, 1.165) is 27.2 Å². The molecular weight excluding hydrogens is 254 g/mol. The first-order valence-corrected chi connectivity index (χ1v) is 6.60. The minimum Gasteiger partial charge on any atom is -0.496 e. The van der Waals surface area contributed by atoms with Crippen LogP contribution >= 0.6 is 12.6 Å². The number of aromatic nitrogens is 1. The summed E-state index contributed by atoms with van der Waals surface area (Å²) < 4.78 is 5.40. The van der Waals surface area contributed by atoms with Gasteiger partial charge in [-0.15, -0.1) is 12.6 Å². The summed E-state index contributed by atoms with van der Waals surface area (Å²) in [6.07, 6.45) is 0. The molecule has 0 unspecified atom stereocenters. The molecule has 3 aromatic rings. The number of hydrogen-bond acceptors (Lipinski definition) is 2. The highest BCUT2D eigenvalue weighted by molar-refractivity contribution is 7.80. The number of ether oxygens (including phenoxy) is 1. The van der Waals surface area contributed by atoms with Gasteiger partial charge >= 0.3 is 0 Å². The van der Waals surface area contributed by atoms with Crippen LogP contribution in [0.4, 0.5) is 0 Å². The monoisotopic (exact) mass is 269 g/mol. The first kappa shape index (κ1) is 12.2. The zero-order valence-electron chi connectivity index (χ0n) is 10.9. The maximum Gasteiger partial charge on any atom is 0.128 e. The van der Waals surface area contributed by atoms with E-state index in [9.17, 15) is 0 Å². The molecule has 96 valence electrons. The average Bonchev–Trinajstić information content (AvgIpc) is 2.85. The number of aromatic amines is 1. The standard InChI is InChI=1S/C16H15NOS/c1-10-11(5-3-8-16(10)19)14-9-12-13(17-14)6-4-7-15(12)18-2/h3-9,17,19H,1-2H3. The van der Waals surface area contributed by atoms with Crippen LogP contribution in [0.25, 0.3) is 22.2 Å². The molecule has 2 nitrogen and oxygen atoms in total. The molecule has 0 atom stereocenters. The van der Waals surface area contributed by atoms with Crippen molar-refractivity contribution in [2.45, 2.75) is 11.8 Å². The first-order valence-electron chi connectivity index (χ1n) is 6.15. The Kier molecular flexibility index (Phi) is 2.99. The summed E-state index contributed by atoms with van der Waals surface area (Å²) in [5.41, 5.74) is 4.52. The Morgan fingerprint density at radius 1 is 1.11 bits per heavy atom. The Morgan fingerprint density at radius 2 is 1.89 bits per heavy atom. The smallest absolute Gasteiger partial charge is 0.128 e. The van der Waals surface area contributed by atoms with Crippen molar-refractivity contribution in [3.8, 4) is 17.0 Å². The molecule has 0 aliphatic carbocycles. The summed E-state index contributed by atoms with van der Waals surface area (Å²) in [5.74, 6) is 0.889. The number of rotatable bonds is 2. The van der Waals surface area contributed by atoms with Crippen LogP contribution in [0.5, 0.6) is 5.75 Å². The number of fused-ring (bicyclic) bond motifs is 1. The Morgan fingerprint density at radius 3 is 2.68 bits per heavy atom. The van der Waals surface area contributed by atoms with Crippen LogP contribution in [0.3, 0.4) is 0 Å². The van der Waals surface area contributed by atoms with Crippen LogP contribution in [0.15, 0.2) is 47.4 Å². The van der Waals surface area contributed by atoms with Gasteiger partial charge in [0.05, 0.1) is 7.11 Å². The average molecular weight is 269 g/mol. The number of methoxy groups -OCH3 is 1. The normalized spacial score (nSPS) is 10.9. The number of hydrogen-bond donors (Lipinski definition) is 2. The van der Waals surface area contributed by atoms with E-state index in [2.05, 4.69) is 42.7 Å². The summed E-state index contributed by atoms with van der Waals surface area (Å²) in [5, 5.41) is 1.10. The van der Waals surface area contributed by atoms with Gasteiger partial charge in [0.25, 0.3) is 0 Å². The van der Waals surface area contributed by atoms with Gasteiger partial charge in [-0.25, -0.2) is 0 Å². The molecule has 0 amide bonds. The molecule has 1 N–H and O–H groups in total. The zero-order chi connectivity index (χ0) is 13.4. The Hall–Kier alpha value is -1.87. The van der Waals surface area contributed by atoms with Crippen LogP contribution in [-0.2, 0) is 0 Å². The summed E-state index contributed by atoms with van der Waals surface area (Å²) in [6, 6.07) is 14.3. The number of H-pyrrole nitrogens is 1. The molecule has 0 aliphatic rings. The Balaban J connectivity index is 2.24. The van der Waals surface area contributed by atoms with Crippen LogP contribution < -0.4 is 4.74 Å². The first-order chi connectivity index (χ1) is 9.20. The fraction of sp³-hybridized carbons (Fsp3) is 0.125. The van der Waals surface area contributed by atoms with Crippen molar-refractivity contribution < 1.29 is 4.74 Å². The van der Waals surface area contributed by atoms with Crippen molar-refractivity contribution in [1.29, 1.82) is 0 Å². The van der Waals surface area contributed by atoms with E-state index in [1.807, 2.05) is 24.3 Å². The van der Waals surface area contributed by atoms with Crippen LogP contribution in [0.1, 0.15) is 5.56 Å². The molecule has 3 heteroatoms. The Bertz CT molecular complexity index is 746. The van der Waals surface area contributed by atoms with Gasteiger partial charge in [-0.05, 0) is 36.8 Å². The van der Waals surface area contributed by atoms with Crippen molar-refractivity contribution >= 4 is 23.5 Å². The molecule has 0 radical (unpaired) electrons. The van der Waals surface area contributed by atoms with Crippen LogP contribution in [0, 0.1) is 6.92 Å². The molecule has 0 spiro atoms. The second kappa shape index (κ2) is 4.67. The lowest BCUT2D eigenvalue weighted by molar-refractivity contribution is 0.420. The highest BCUT2D eigenvalue weighted by Crippen LogP contribution is 2.33. The molecule has 19 heavy (non-hydrogen) atoms. The van der Waals surface area contributed by atoms with E-state index in [0.29, 0.717) is 0 Å². The molecule has 0 saturated carbocycles. The van der Waals surface area contributed by atoms with Crippen LogP contribution in [0.2, 0.25) is 0 Å². The van der Waals surface area contributed by atoms with E-state index in [1.165, 1.54) is 11.1 Å². The van der Waals surface area contributed by atoms with E-state index in [4.69, 9.17) is 4.74 Å². The molecule has 0 fully saturated rings. The number of thiol groups is 1. The van der Waals surface area contributed by atoms with Gasteiger partial charge in [0.2, 0.25) is 0 Å². The Labute approximate surface area is 117 Å². The van der Waals surface area contributed by atoms with E-state index >= 15 is 0 Å². The summed E-state index contributed by atoms with van der Waals surface area (Å²) in [4.78, 5) is 4.44. The molecule has 0 bridgehead atoms. The predicted octanol–water partition coefficient (Wildman–Crippen LogP) is 4.44. The largest absolute Gasteiger partial charge is 0.496 e. The van der Waals surface area contributed by atoms with Crippen LogP contribution in [-0.4, -0.2) is 12.1 Å². The third-order valence-corrected chi connectivity index (χ3v) is 3.92. The molecule has 1 heterocycles. The van der Waals surface area contributed by atoms with Crippen molar-refractivity contribution in [2.75, 3.05) is 7.11 Å². The maximum absolute atomic E-state index is 5.40. The highest BCUT2D eigenvalue weighted by atomic mass is 32.1. The molecule has 0 aliphatic heterocycles. The number of nitrogens with one attached hydrogen (secondary N) is 1. The van der Waals surface area contributed by atoms with Crippen molar-refractivity contribution in [1.82, 2.24) is 4.98 Å². The lowest BCUT2D eigenvalue weighted by atomic mass is 10.1. The third kappa shape index (κ3) is 2.00. The zero-order valence-corrected chi connectivity index (χ0v) is 11.8. The SMILES string of the molecule is COc1cccc2[nH]c(-c3cccc(S)c3C)cc12. The molecule has 3 rings (SSSR count). The quantitative estimate of drug-likeness (QED) is 0.661.